The summed E-state index contributed by atoms with van der Waals surface area (Å²) in [5, 5.41) is 2.67. The largest absolute Gasteiger partial charge is 0.322 e. The number of hydrogen-bond donors (Lipinski definition) is 1. The number of nitrogens with one attached hydrogen (secondary N) is 1. The molecule has 1 amide bonds. The Bertz CT molecular complexity index is 858. The summed E-state index contributed by atoms with van der Waals surface area (Å²) < 4.78 is 1.33. The Morgan fingerprint density at radius 1 is 1.00 bits per heavy atom. The van der Waals surface area contributed by atoms with Gasteiger partial charge in [-0.25, -0.2) is 9.97 Å². The highest BCUT2D eigenvalue weighted by atomic mass is 16.2. The van der Waals surface area contributed by atoms with Crippen LogP contribution in [0.15, 0.2) is 71.9 Å². The molecule has 6 heteroatoms. The van der Waals surface area contributed by atoms with Gasteiger partial charge in [0.2, 0.25) is 5.91 Å². The molecule has 6 nitrogen and oxygen atoms in total. The molecule has 0 saturated carbocycles. The molecule has 0 fully saturated rings. The standard InChI is InChI=1S/C17H14N4O2/c22-15(12-21-9-5-4-8-16(21)23)20-14-10-18-17(19-11-14)13-6-2-1-3-7-13/h1-11H,12H2,(H,20,22). The molecule has 0 radical (unpaired) electrons. The van der Waals surface area contributed by atoms with Crippen LogP contribution in [0.2, 0.25) is 0 Å². The fourth-order valence-electron chi connectivity index (χ4n) is 2.08. The lowest BCUT2D eigenvalue weighted by Crippen LogP contribution is -2.26. The van der Waals surface area contributed by atoms with Gasteiger partial charge in [-0.3, -0.25) is 9.59 Å². The smallest absolute Gasteiger partial charge is 0.250 e. The summed E-state index contributed by atoms with van der Waals surface area (Å²) in [4.78, 5) is 32.0. The Morgan fingerprint density at radius 3 is 2.39 bits per heavy atom. The van der Waals surface area contributed by atoms with Crippen LogP contribution < -0.4 is 10.9 Å². The fraction of sp³-hybridized carbons (Fsp3) is 0.0588. The van der Waals surface area contributed by atoms with Crippen molar-refractivity contribution in [1.82, 2.24) is 14.5 Å². The first-order valence-electron chi connectivity index (χ1n) is 7.05. The first kappa shape index (κ1) is 14.6. The van der Waals surface area contributed by atoms with Crippen molar-refractivity contribution in [2.45, 2.75) is 6.54 Å². The van der Waals surface area contributed by atoms with Crippen molar-refractivity contribution in [3.63, 3.8) is 0 Å². The Balaban J connectivity index is 1.68. The lowest BCUT2D eigenvalue weighted by Gasteiger charge is -2.07. The van der Waals surface area contributed by atoms with Gasteiger partial charge in [0.15, 0.2) is 5.82 Å². The molecule has 1 N–H and O–H groups in total. The summed E-state index contributed by atoms with van der Waals surface area (Å²) in [6, 6.07) is 14.3. The van der Waals surface area contributed by atoms with Crippen molar-refractivity contribution in [3.05, 3.63) is 77.5 Å². The van der Waals surface area contributed by atoms with E-state index < -0.39 is 0 Å². The second-order valence-electron chi connectivity index (χ2n) is 4.88. The van der Waals surface area contributed by atoms with Crippen LogP contribution in [0.4, 0.5) is 5.69 Å². The van der Waals surface area contributed by atoms with E-state index in [2.05, 4.69) is 15.3 Å². The molecule has 23 heavy (non-hydrogen) atoms. The van der Waals surface area contributed by atoms with E-state index in [9.17, 15) is 9.59 Å². The minimum Gasteiger partial charge on any atom is -0.322 e. The second-order valence-corrected chi connectivity index (χ2v) is 4.88. The summed E-state index contributed by atoms with van der Waals surface area (Å²) in [6.45, 7) is -0.0554. The van der Waals surface area contributed by atoms with Crippen molar-refractivity contribution in [2.75, 3.05) is 5.32 Å². The molecule has 3 aromatic rings. The molecule has 0 spiro atoms. The van der Waals surface area contributed by atoms with E-state index in [1.807, 2.05) is 30.3 Å². The summed E-state index contributed by atoms with van der Waals surface area (Å²) in [7, 11) is 0. The van der Waals surface area contributed by atoms with Crippen LogP contribution in [-0.4, -0.2) is 20.4 Å². The summed E-state index contributed by atoms with van der Waals surface area (Å²) in [5.74, 6) is 0.275. The molecule has 3 rings (SSSR count). The SMILES string of the molecule is O=C(Cn1ccccc1=O)Nc1cnc(-c2ccccc2)nc1. The molecule has 0 bridgehead atoms. The highest BCUT2D eigenvalue weighted by Crippen LogP contribution is 2.14. The van der Waals surface area contributed by atoms with Crippen molar-refractivity contribution in [3.8, 4) is 11.4 Å². The number of amides is 1. The van der Waals surface area contributed by atoms with E-state index in [4.69, 9.17) is 0 Å². The fourth-order valence-corrected chi connectivity index (χ4v) is 2.08. The second kappa shape index (κ2) is 6.65. The molecule has 0 atom stereocenters. The minimum atomic E-state index is -0.311. The Hall–Kier alpha value is -3.28. The lowest BCUT2D eigenvalue weighted by atomic mass is 10.2. The van der Waals surface area contributed by atoms with Gasteiger partial charge in [-0.1, -0.05) is 36.4 Å². The van der Waals surface area contributed by atoms with Crippen LogP contribution in [0.5, 0.6) is 0 Å². The van der Waals surface area contributed by atoms with Gasteiger partial charge in [-0.05, 0) is 6.07 Å². The molecule has 0 saturated heterocycles. The third-order valence-corrected chi connectivity index (χ3v) is 3.18. The van der Waals surface area contributed by atoms with E-state index in [0.29, 0.717) is 11.5 Å². The van der Waals surface area contributed by atoms with E-state index in [-0.39, 0.29) is 18.0 Å². The summed E-state index contributed by atoms with van der Waals surface area (Å²) in [5.41, 5.74) is 1.17. The van der Waals surface area contributed by atoms with Crippen LogP contribution in [0.1, 0.15) is 0 Å². The zero-order valence-corrected chi connectivity index (χ0v) is 12.2. The first-order valence-corrected chi connectivity index (χ1v) is 7.05. The van der Waals surface area contributed by atoms with Gasteiger partial charge in [0.1, 0.15) is 6.54 Å². The molecule has 0 aliphatic rings. The predicted octanol–water partition coefficient (Wildman–Crippen LogP) is 1.94. The van der Waals surface area contributed by atoms with Crippen LogP contribution in [-0.2, 0) is 11.3 Å². The zero-order valence-electron chi connectivity index (χ0n) is 12.2. The number of pyridine rings is 1. The average molecular weight is 306 g/mol. The summed E-state index contributed by atoms with van der Waals surface area (Å²) >= 11 is 0. The molecule has 1 aromatic carbocycles. The maximum atomic E-state index is 12.0. The normalized spacial score (nSPS) is 10.3. The average Bonchev–Trinajstić information content (AvgIpc) is 2.58. The zero-order chi connectivity index (χ0) is 16.1. The molecule has 2 aromatic heterocycles. The monoisotopic (exact) mass is 306 g/mol. The van der Waals surface area contributed by atoms with Gasteiger partial charge in [0.25, 0.3) is 5.56 Å². The number of carbonyl (C=O) groups excluding carboxylic acids is 1. The van der Waals surface area contributed by atoms with Crippen molar-refractivity contribution < 1.29 is 4.79 Å². The van der Waals surface area contributed by atoms with Gasteiger partial charge in [-0.15, -0.1) is 0 Å². The number of rotatable bonds is 4. The third-order valence-electron chi connectivity index (χ3n) is 3.18. The maximum absolute atomic E-state index is 12.0. The molecule has 0 aliphatic carbocycles. The maximum Gasteiger partial charge on any atom is 0.250 e. The van der Waals surface area contributed by atoms with Gasteiger partial charge in [0.05, 0.1) is 18.1 Å². The minimum absolute atomic E-state index is 0.0554. The third kappa shape index (κ3) is 3.68. The van der Waals surface area contributed by atoms with E-state index in [0.717, 1.165) is 5.56 Å². The predicted molar refractivity (Wildman–Crippen MR) is 86.8 cm³/mol. The number of nitrogens with zero attached hydrogens (tertiary/aromatic N) is 3. The Morgan fingerprint density at radius 2 is 1.70 bits per heavy atom. The number of carbonyl (C=O) groups is 1. The quantitative estimate of drug-likeness (QED) is 0.799. The van der Waals surface area contributed by atoms with Crippen molar-refractivity contribution in [1.29, 1.82) is 0 Å². The highest BCUT2D eigenvalue weighted by molar-refractivity contribution is 5.90. The lowest BCUT2D eigenvalue weighted by molar-refractivity contribution is -0.116. The topological polar surface area (TPSA) is 76.9 Å². The molecular weight excluding hydrogens is 292 g/mol. The number of aromatic nitrogens is 3. The first-order chi connectivity index (χ1) is 11.2. The van der Waals surface area contributed by atoms with Crippen LogP contribution in [0.25, 0.3) is 11.4 Å². The van der Waals surface area contributed by atoms with Gasteiger partial charge in [0, 0.05) is 17.8 Å². The van der Waals surface area contributed by atoms with E-state index in [1.165, 1.54) is 10.6 Å². The van der Waals surface area contributed by atoms with Gasteiger partial charge < -0.3 is 9.88 Å². The molecule has 0 aliphatic heterocycles. The van der Waals surface area contributed by atoms with Gasteiger partial charge in [-0.2, -0.15) is 0 Å². The van der Waals surface area contributed by atoms with Crippen molar-refractivity contribution >= 4 is 11.6 Å². The van der Waals surface area contributed by atoms with E-state index >= 15 is 0 Å². The number of hydrogen-bond acceptors (Lipinski definition) is 4. The molecule has 114 valence electrons. The van der Waals surface area contributed by atoms with Crippen LogP contribution in [0, 0.1) is 0 Å². The Labute approximate surface area is 132 Å². The summed E-state index contributed by atoms with van der Waals surface area (Å²) in [6.07, 6.45) is 4.65. The number of anilines is 1. The molecular formula is C17H14N4O2. The van der Waals surface area contributed by atoms with Crippen LogP contribution >= 0.6 is 0 Å². The molecule has 0 unspecified atom stereocenters. The van der Waals surface area contributed by atoms with E-state index in [1.54, 1.807) is 30.7 Å². The number of benzene rings is 1. The van der Waals surface area contributed by atoms with Crippen LogP contribution in [0.3, 0.4) is 0 Å². The highest BCUT2D eigenvalue weighted by Gasteiger charge is 2.06. The molecule has 2 heterocycles. The Kier molecular flexibility index (Phi) is 4.24. The van der Waals surface area contributed by atoms with Crippen molar-refractivity contribution in [2.24, 2.45) is 0 Å². The van der Waals surface area contributed by atoms with Gasteiger partial charge >= 0.3 is 0 Å².